The number of benzene rings is 1. The van der Waals surface area contributed by atoms with Crippen molar-refractivity contribution in [2.75, 3.05) is 25.0 Å². The molecule has 3 N–H and O–H groups in total. The summed E-state index contributed by atoms with van der Waals surface area (Å²) in [4.78, 5) is 26.2. The lowest BCUT2D eigenvalue weighted by Crippen LogP contribution is -2.38. The summed E-state index contributed by atoms with van der Waals surface area (Å²) >= 11 is 0. The lowest BCUT2D eigenvalue weighted by Gasteiger charge is -2.30. The molecule has 1 fully saturated rings. The second-order valence-corrected chi connectivity index (χ2v) is 5.61. The number of nitrogens with two attached hydrogens (primary N) is 1. The van der Waals surface area contributed by atoms with Crippen LogP contribution in [0.3, 0.4) is 0 Å². The second-order valence-electron chi connectivity index (χ2n) is 5.61. The van der Waals surface area contributed by atoms with Crippen LogP contribution in [0, 0.1) is 5.92 Å². The third kappa shape index (κ3) is 4.71. The average Bonchev–Trinajstić information content (AvgIpc) is 2.48. The van der Waals surface area contributed by atoms with Crippen molar-refractivity contribution in [3.05, 3.63) is 29.8 Å². The molecule has 2 amide bonds. The summed E-state index contributed by atoms with van der Waals surface area (Å²) in [7, 11) is 0. The van der Waals surface area contributed by atoms with Gasteiger partial charge in [0.05, 0.1) is 11.3 Å². The summed E-state index contributed by atoms with van der Waals surface area (Å²) in [5, 5.41) is 2.77. The van der Waals surface area contributed by atoms with Crippen molar-refractivity contribution in [2.24, 2.45) is 11.7 Å². The van der Waals surface area contributed by atoms with Crippen LogP contribution < -0.4 is 11.1 Å². The molecule has 0 radical (unpaired) electrons. The van der Waals surface area contributed by atoms with Gasteiger partial charge in [-0.1, -0.05) is 19.1 Å². The standard InChI is InChI=1S/C16H23N3O2.ClH/c1-12-7-10-19(11-8-12)16(21)13-4-2-3-5-14(13)18-15(20)6-9-17;/h2-5,12H,6-11,17H2,1H3,(H,18,20);1H. The van der Waals surface area contributed by atoms with E-state index >= 15 is 0 Å². The molecule has 1 aliphatic heterocycles. The van der Waals surface area contributed by atoms with E-state index < -0.39 is 0 Å². The average molecular weight is 326 g/mol. The third-order valence-corrected chi connectivity index (χ3v) is 3.87. The van der Waals surface area contributed by atoms with Gasteiger partial charge in [-0.25, -0.2) is 0 Å². The maximum Gasteiger partial charge on any atom is 0.255 e. The van der Waals surface area contributed by atoms with Crippen molar-refractivity contribution in [1.29, 1.82) is 0 Å². The number of para-hydroxylation sites is 1. The van der Waals surface area contributed by atoms with Gasteiger partial charge in [0, 0.05) is 26.1 Å². The van der Waals surface area contributed by atoms with Crippen LogP contribution in [0.2, 0.25) is 0 Å². The van der Waals surface area contributed by atoms with Gasteiger partial charge in [-0.15, -0.1) is 12.4 Å². The molecule has 1 aromatic carbocycles. The Morgan fingerprint density at radius 2 is 1.91 bits per heavy atom. The van der Waals surface area contributed by atoms with E-state index in [4.69, 9.17) is 5.73 Å². The topological polar surface area (TPSA) is 75.4 Å². The van der Waals surface area contributed by atoms with E-state index in [1.165, 1.54) is 0 Å². The molecule has 122 valence electrons. The van der Waals surface area contributed by atoms with Gasteiger partial charge in [-0.05, 0) is 30.9 Å². The van der Waals surface area contributed by atoms with Gasteiger partial charge in [0.25, 0.3) is 5.91 Å². The number of carbonyl (C=O) groups excluding carboxylic acids is 2. The lowest BCUT2D eigenvalue weighted by atomic mass is 9.98. The summed E-state index contributed by atoms with van der Waals surface area (Å²) in [6.45, 7) is 4.07. The molecular formula is C16H24ClN3O2. The van der Waals surface area contributed by atoms with Crippen LogP contribution in [0.5, 0.6) is 0 Å². The van der Waals surface area contributed by atoms with Crippen LogP contribution in [0.1, 0.15) is 36.5 Å². The van der Waals surface area contributed by atoms with E-state index in [0.717, 1.165) is 25.9 Å². The number of halogens is 1. The number of hydrogen-bond acceptors (Lipinski definition) is 3. The SMILES string of the molecule is CC1CCN(C(=O)c2ccccc2NC(=O)CCN)CC1.Cl. The third-order valence-electron chi connectivity index (χ3n) is 3.87. The van der Waals surface area contributed by atoms with Crippen LogP contribution in [-0.2, 0) is 4.79 Å². The minimum Gasteiger partial charge on any atom is -0.339 e. The molecule has 0 aromatic heterocycles. The van der Waals surface area contributed by atoms with Gasteiger partial charge in [-0.2, -0.15) is 0 Å². The molecule has 0 saturated carbocycles. The number of rotatable bonds is 4. The summed E-state index contributed by atoms with van der Waals surface area (Å²) in [5.41, 5.74) is 6.50. The van der Waals surface area contributed by atoms with Crippen molar-refractivity contribution < 1.29 is 9.59 Å². The highest BCUT2D eigenvalue weighted by Gasteiger charge is 2.23. The summed E-state index contributed by atoms with van der Waals surface area (Å²) < 4.78 is 0. The van der Waals surface area contributed by atoms with Crippen LogP contribution in [0.25, 0.3) is 0 Å². The molecule has 1 aliphatic rings. The van der Waals surface area contributed by atoms with Gasteiger partial charge in [0.2, 0.25) is 5.91 Å². The Morgan fingerprint density at radius 1 is 1.27 bits per heavy atom. The van der Waals surface area contributed by atoms with Crippen LogP contribution >= 0.6 is 12.4 Å². The van der Waals surface area contributed by atoms with Crippen molar-refractivity contribution in [3.8, 4) is 0 Å². The minimum absolute atomic E-state index is 0. The van der Waals surface area contributed by atoms with Gasteiger partial charge in [-0.3, -0.25) is 9.59 Å². The van der Waals surface area contributed by atoms with Gasteiger partial charge >= 0.3 is 0 Å². The molecule has 1 saturated heterocycles. The highest BCUT2D eigenvalue weighted by molar-refractivity contribution is 6.03. The Morgan fingerprint density at radius 3 is 2.55 bits per heavy atom. The zero-order valence-corrected chi connectivity index (χ0v) is 13.7. The van der Waals surface area contributed by atoms with Gasteiger partial charge < -0.3 is 16.0 Å². The summed E-state index contributed by atoms with van der Waals surface area (Å²) in [5.74, 6) is 0.504. The molecule has 6 heteroatoms. The minimum atomic E-state index is -0.162. The highest BCUT2D eigenvalue weighted by atomic mass is 35.5. The fourth-order valence-corrected chi connectivity index (χ4v) is 2.50. The number of piperidine rings is 1. The number of amides is 2. The van der Waals surface area contributed by atoms with Crippen molar-refractivity contribution >= 4 is 29.9 Å². The predicted octanol–water partition coefficient (Wildman–Crippen LogP) is 2.27. The molecule has 0 unspecified atom stereocenters. The van der Waals surface area contributed by atoms with E-state index in [1.54, 1.807) is 12.1 Å². The first-order valence-electron chi connectivity index (χ1n) is 7.50. The highest BCUT2D eigenvalue weighted by Crippen LogP contribution is 2.22. The van der Waals surface area contributed by atoms with E-state index in [0.29, 0.717) is 23.7 Å². The Balaban J connectivity index is 0.00000242. The van der Waals surface area contributed by atoms with Crippen molar-refractivity contribution in [3.63, 3.8) is 0 Å². The summed E-state index contributed by atoms with van der Waals surface area (Å²) in [6.07, 6.45) is 2.32. The Bertz CT molecular complexity index is 514. The van der Waals surface area contributed by atoms with E-state index in [2.05, 4.69) is 12.2 Å². The molecule has 0 aliphatic carbocycles. The van der Waals surface area contributed by atoms with Gasteiger partial charge in [0.15, 0.2) is 0 Å². The maximum absolute atomic E-state index is 12.6. The van der Waals surface area contributed by atoms with E-state index in [9.17, 15) is 9.59 Å². The zero-order valence-electron chi connectivity index (χ0n) is 12.9. The fourth-order valence-electron chi connectivity index (χ4n) is 2.50. The number of likely N-dealkylation sites (tertiary alicyclic amines) is 1. The monoisotopic (exact) mass is 325 g/mol. The Labute approximate surface area is 137 Å². The zero-order chi connectivity index (χ0) is 15.2. The first-order valence-corrected chi connectivity index (χ1v) is 7.50. The van der Waals surface area contributed by atoms with Crippen LogP contribution in [0.15, 0.2) is 24.3 Å². The first kappa shape index (κ1) is 18.5. The summed E-state index contributed by atoms with van der Waals surface area (Å²) in [6, 6.07) is 7.15. The molecular weight excluding hydrogens is 302 g/mol. The molecule has 5 nitrogen and oxygen atoms in total. The van der Waals surface area contributed by atoms with Crippen molar-refractivity contribution in [2.45, 2.75) is 26.2 Å². The quantitative estimate of drug-likeness (QED) is 0.891. The fraction of sp³-hybridized carbons (Fsp3) is 0.500. The Kier molecular flexibility index (Phi) is 7.35. The molecule has 0 bridgehead atoms. The molecule has 2 rings (SSSR count). The maximum atomic E-state index is 12.6. The second kappa shape index (κ2) is 8.76. The number of hydrogen-bond donors (Lipinski definition) is 2. The van der Waals surface area contributed by atoms with Crippen molar-refractivity contribution in [1.82, 2.24) is 4.90 Å². The van der Waals surface area contributed by atoms with Gasteiger partial charge in [0.1, 0.15) is 0 Å². The number of anilines is 1. The number of carbonyl (C=O) groups is 2. The molecule has 22 heavy (non-hydrogen) atoms. The molecule has 0 atom stereocenters. The van der Waals surface area contributed by atoms with E-state index in [-0.39, 0.29) is 30.6 Å². The number of nitrogens with one attached hydrogen (secondary N) is 1. The number of nitrogens with zero attached hydrogens (tertiary/aromatic N) is 1. The van der Waals surface area contributed by atoms with E-state index in [1.807, 2.05) is 17.0 Å². The molecule has 1 aromatic rings. The smallest absolute Gasteiger partial charge is 0.255 e. The first-order chi connectivity index (χ1) is 10.1. The molecule has 0 spiro atoms. The predicted molar refractivity (Wildman–Crippen MR) is 90.3 cm³/mol. The normalized spacial score (nSPS) is 15.1. The molecule has 1 heterocycles. The lowest BCUT2D eigenvalue weighted by molar-refractivity contribution is -0.116. The van der Waals surface area contributed by atoms with Crippen LogP contribution in [-0.4, -0.2) is 36.3 Å². The Hall–Kier alpha value is -1.59. The van der Waals surface area contributed by atoms with Crippen LogP contribution in [0.4, 0.5) is 5.69 Å². The largest absolute Gasteiger partial charge is 0.339 e.